The highest BCUT2D eigenvalue weighted by atomic mass is 32.2. The minimum absolute atomic E-state index is 0.131. The van der Waals surface area contributed by atoms with Gasteiger partial charge in [-0.05, 0) is 43.4 Å². The van der Waals surface area contributed by atoms with Crippen molar-refractivity contribution in [2.24, 2.45) is 0 Å². The number of amides is 2. The molecule has 0 bridgehead atoms. The van der Waals surface area contributed by atoms with Gasteiger partial charge in [-0.15, -0.1) is 11.8 Å². The number of nitrogens with one attached hydrogen (secondary N) is 3. The maximum Gasteiger partial charge on any atom is 0.315 e. The van der Waals surface area contributed by atoms with E-state index in [0.717, 1.165) is 36.3 Å². The first-order chi connectivity index (χ1) is 11.6. The fraction of sp³-hybridized carbons (Fsp3) is 0.412. The summed E-state index contributed by atoms with van der Waals surface area (Å²) in [6, 6.07) is 4.71. The largest absolute Gasteiger partial charge is 0.338 e. The van der Waals surface area contributed by atoms with Crippen LogP contribution in [0, 0.1) is 12.7 Å². The van der Waals surface area contributed by atoms with Crippen LogP contribution in [0.15, 0.2) is 29.3 Å². The predicted octanol–water partition coefficient (Wildman–Crippen LogP) is 3.33. The van der Waals surface area contributed by atoms with Crippen molar-refractivity contribution in [3.8, 4) is 0 Å². The van der Waals surface area contributed by atoms with E-state index in [9.17, 15) is 9.18 Å². The minimum atomic E-state index is -0.208. The van der Waals surface area contributed by atoms with E-state index in [0.29, 0.717) is 11.4 Å². The third kappa shape index (κ3) is 3.90. The summed E-state index contributed by atoms with van der Waals surface area (Å²) < 4.78 is 13.8. The zero-order valence-electron chi connectivity index (χ0n) is 13.6. The number of aromatic amines is 1. The van der Waals surface area contributed by atoms with Gasteiger partial charge in [0.2, 0.25) is 0 Å². The fourth-order valence-corrected chi connectivity index (χ4v) is 3.99. The molecule has 0 saturated carbocycles. The highest BCUT2D eigenvalue weighted by Crippen LogP contribution is 2.37. The van der Waals surface area contributed by atoms with Crippen LogP contribution in [0.4, 0.5) is 9.18 Å². The Hall–Kier alpha value is -2.02. The Morgan fingerprint density at radius 1 is 1.50 bits per heavy atom. The lowest BCUT2D eigenvalue weighted by molar-refractivity contribution is 0.236. The molecule has 0 radical (unpaired) electrons. The molecule has 1 atom stereocenters. The molecule has 2 aromatic rings. The maximum atomic E-state index is 13.8. The quantitative estimate of drug-likeness (QED) is 0.726. The number of carbonyl (C=O) groups is 1. The van der Waals surface area contributed by atoms with Crippen molar-refractivity contribution in [2.45, 2.75) is 37.1 Å². The smallest absolute Gasteiger partial charge is 0.315 e. The summed E-state index contributed by atoms with van der Waals surface area (Å²) in [4.78, 5) is 12.7. The molecule has 0 fully saturated rings. The number of rotatable bonds is 5. The average molecular weight is 348 g/mol. The van der Waals surface area contributed by atoms with Crippen molar-refractivity contribution < 1.29 is 9.18 Å². The van der Waals surface area contributed by atoms with Crippen LogP contribution >= 0.6 is 11.8 Å². The van der Waals surface area contributed by atoms with Gasteiger partial charge < -0.3 is 10.6 Å². The number of carbonyl (C=O) groups excluding carboxylic acids is 1. The van der Waals surface area contributed by atoms with E-state index < -0.39 is 0 Å². The molecule has 24 heavy (non-hydrogen) atoms. The second-order valence-corrected chi connectivity index (χ2v) is 6.98. The highest BCUT2D eigenvalue weighted by molar-refractivity contribution is 7.99. The number of nitrogens with zero attached hydrogens (tertiary/aromatic N) is 1. The Kier molecular flexibility index (Phi) is 5.40. The van der Waals surface area contributed by atoms with Crippen molar-refractivity contribution in [1.29, 1.82) is 0 Å². The van der Waals surface area contributed by atoms with E-state index in [-0.39, 0.29) is 17.9 Å². The van der Waals surface area contributed by atoms with E-state index in [1.54, 1.807) is 6.07 Å². The molecule has 2 amide bonds. The molecule has 3 N–H and O–H groups in total. The van der Waals surface area contributed by atoms with Gasteiger partial charge in [0.05, 0.1) is 12.2 Å². The number of aryl methyl sites for hydroxylation is 2. The summed E-state index contributed by atoms with van der Waals surface area (Å²) in [7, 11) is 0. The van der Waals surface area contributed by atoms with Crippen LogP contribution in [0.2, 0.25) is 0 Å². The molecule has 1 aromatic carbocycles. The molecule has 7 heteroatoms. The summed E-state index contributed by atoms with van der Waals surface area (Å²) in [5.74, 6) is 0.596. The topological polar surface area (TPSA) is 69.8 Å². The van der Waals surface area contributed by atoms with Crippen LogP contribution in [0.3, 0.4) is 0 Å². The first-order valence-corrected chi connectivity index (χ1v) is 9.08. The standard InChI is InChI=1S/C17H21FN4OS/c1-11-12(10-20-22-11)4-3-8-19-17(23)21-15-7-9-24-16-13(15)5-2-6-14(16)18/h2,5-6,10,15H,3-4,7-9H2,1H3,(H,20,22)(H2,19,21,23)/t15-/m1/s1. The van der Waals surface area contributed by atoms with Gasteiger partial charge in [-0.1, -0.05) is 12.1 Å². The number of urea groups is 1. The molecule has 0 aliphatic carbocycles. The molecule has 0 saturated heterocycles. The van der Waals surface area contributed by atoms with E-state index in [2.05, 4.69) is 20.8 Å². The zero-order chi connectivity index (χ0) is 16.9. The zero-order valence-corrected chi connectivity index (χ0v) is 14.4. The van der Waals surface area contributed by atoms with E-state index in [1.165, 1.54) is 23.4 Å². The lowest BCUT2D eigenvalue weighted by atomic mass is 10.0. The molecule has 1 aliphatic rings. The SMILES string of the molecule is Cc1[nH]ncc1CCCNC(=O)N[C@@H]1CCSc2c(F)cccc21. The number of aromatic nitrogens is 2. The van der Waals surface area contributed by atoms with Gasteiger partial charge >= 0.3 is 6.03 Å². The van der Waals surface area contributed by atoms with Crippen molar-refractivity contribution in [2.75, 3.05) is 12.3 Å². The van der Waals surface area contributed by atoms with Gasteiger partial charge in [0.1, 0.15) is 5.82 Å². The molecule has 0 spiro atoms. The first kappa shape index (κ1) is 16.8. The second kappa shape index (κ2) is 7.70. The number of halogens is 1. The van der Waals surface area contributed by atoms with Gasteiger partial charge in [0, 0.05) is 22.9 Å². The number of thioether (sulfide) groups is 1. The van der Waals surface area contributed by atoms with Crippen molar-refractivity contribution in [3.05, 3.63) is 47.0 Å². The summed E-state index contributed by atoms with van der Waals surface area (Å²) in [5.41, 5.74) is 3.11. The average Bonchev–Trinajstić information content (AvgIpc) is 2.98. The van der Waals surface area contributed by atoms with Crippen LogP contribution in [-0.4, -0.2) is 28.5 Å². The normalized spacial score (nSPS) is 16.5. The number of H-pyrrole nitrogens is 1. The molecule has 2 heterocycles. The molecule has 1 aliphatic heterocycles. The number of fused-ring (bicyclic) bond motifs is 1. The Labute approximate surface area is 144 Å². The van der Waals surface area contributed by atoms with E-state index >= 15 is 0 Å². The molecule has 128 valence electrons. The number of hydrogen-bond acceptors (Lipinski definition) is 3. The Morgan fingerprint density at radius 2 is 2.38 bits per heavy atom. The summed E-state index contributed by atoms with van der Waals surface area (Å²) in [6.45, 7) is 2.58. The van der Waals surface area contributed by atoms with Gasteiger partial charge in [-0.2, -0.15) is 5.10 Å². The first-order valence-electron chi connectivity index (χ1n) is 8.09. The summed E-state index contributed by atoms with van der Waals surface area (Å²) in [5, 5.41) is 12.7. The number of hydrogen-bond donors (Lipinski definition) is 3. The predicted molar refractivity (Wildman–Crippen MR) is 92.7 cm³/mol. The lowest BCUT2D eigenvalue weighted by Gasteiger charge is -2.26. The third-order valence-corrected chi connectivity index (χ3v) is 5.33. The van der Waals surface area contributed by atoms with Crippen molar-refractivity contribution >= 4 is 17.8 Å². The monoisotopic (exact) mass is 348 g/mol. The van der Waals surface area contributed by atoms with Crippen LogP contribution < -0.4 is 10.6 Å². The van der Waals surface area contributed by atoms with Crippen LogP contribution in [0.1, 0.15) is 35.7 Å². The van der Waals surface area contributed by atoms with Crippen molar-refractivity contribution in [3.63, 3.8) is 0 Å². The maximum absolute atomic E-state index is 13.8. The van der Waals surface area contributed by atoms with Gasteiger partial charge in [0.15, 0.2) is 0 Å². The molecular weight excluding hydrogens is 327 g/mol. The van der Waals surface area contributed by atoms with Gasteiger partial charge in [-0.3, -0.25) is 5.10 Å². The van der Waals surface area contributed by atoms with Crippen LogP contribution in [0.5, 0.6) is 0 Å². The Balaban J connectivity index is 1.48. The highest BCUT2D eigenvalue weighted by Gasteiger charge is 2.24. The lowest BCUT2D eigenvalue weighted by Crippen LogP contribution is -2.39. The molecule has 3 rings (SSSR count). The van der Waals surface area contributed by atoms with Crippen molar-refractivity contribution in [1.82, 2.24) is 20.8 Å². The fourth-order valence-electron chi connectivity index (χ4n) is 2.85. The molecule has 1 aromatic heterocycles. The summed E-state index contributed by atoms with van der Waals surface area (Å²) >= 11 is 1.51. The third-order valence-electron chi connectivity index (χ3n) is 4.17. The Morgan fingerprint density at radius 3 is 3.17 bits per heavy atom. The number of benzene rings is 1. The molecule has 0 unspecified atom stereocenters. The van der Waals surface area contributed by atoms with Crippen LogP contribution in [0.25, 0.3) is 0 Å². The van der Waals surface area contributed by atoms with E-state index in [4.69, 9.17) is 0 Å². The molecular formula is C17H21FN4OS. The van der Waals surface area contributed by atoms with E-state index in [1.807, 2.05) is 19.2 Å². The van der Waals surface area contributed by atoms with Gasteiger partial charge in [0.25, 0.3) is 0 Å². The van der Waals surface area contributed by atoms with Crippen LogP contribution in [-0.2, 0) is 6.42 Å². The summed E-state index contributed by atoms with van der Waals surface area (Å²) in [6.07, 6.45) is 4.35. The Bertz CT molecular complexity index is 718. The molecule has 5 nitrogen and oxygen atoms in total. The second-order valence-electron chi connectivity index (χ2n) is 5.87. The van der Waals surface area contributed by atoms with Gasteiger partial charge in [-0.25, -0.2) is 9.18 Å². The minimum Gasteiger partial charge on any atom is -0.338 e.